The van der Waals surface area contributed by atoms with Crippen LogP contribution >= 0.6 is 0 Å². The van der Waals surface area contributed by atoms with Gasteiger partial charge in [0.2, 0.25) is 5.91 Å². The molecule has 1 unspecified atom stereocenters. The van der Waals surface area contributed by atoms with Crippen LogP contribution in [0.3, 0.4) is 0 Å². The molecule has 1 atom stereocenters. The molecule has 1 saturated heterocycles. The van der Waals surface area contributed by atoms with E-state index in [1.54, 1.807) is 18.0 Å². The highest BCUT2D eigenvalue weighted by molar-refractivity contribution is 6.03. The van der Waals surface area contributed by atoms with E-state index in [1.807, 2.05) is 42.5 Å². The first-order valence-electron chi connectivity index (χ1n) is 9.30. The van der Waals surface area contributed by atoms with Crippen molar-refractivity contribution in [2.45, 2.75) is 25.4 Å². The van der Waals surface area contributed by atoms with Crippen molar-refractivity contribution in [1.29, 1.82) is 0 Å². The number of carbonyl (C=O) groups is 2. The number of anilines is 3. The Hall–Kier alpha value is -3.02. The van der Waals surface area contributed by atoms with Crippen molar-refractivity contribution in [2.24, 2.45) is 0 Å². The Morgan fingerprint density at radius 3 is 2.56 bits per heavy atom. The minimum absolute atomic E-state index is 0.0224. The van der Waals surface area contributed by atoms with Gasteiger partial charge in [-0.15, -0.1) is 0 Å². The number of nitrogens with zero attached hydrogens (tertiary/aromatic N) is 2. The van der Waals surface area contributed by atoms with Gasteiger partial charge in [-0.05, 0) is 49.2 Å². The molecule has 27 heavy (non-hydrogen) atoms. The van der Waals surface area contributed by atoms with Crippen molar-refractivity contribution in [3.8, 4) is 5.75 Å². The molecule has 0 bridgehead atoms. The lowest BCUT2D eigenvalue weighted by atomic mass is 10.1. The van der Waals surface area contributed by atoms with Crippen molar-refractivity contribution in [2.75, 3.05) is 35.3 Å². The molecule has 2 aromatic carbocycles. The van der Waals surface area contributed by atoms with Gasteiger partial charge in [-0.2, -0.15) is 0 Å². The van der Waals surface area contributed by atoms with E-state index in [9.17, 15) is 9.59 Å². The van der Waals surface area contributed by atoms with Gasteiger partial charge >= 0.3 is 0 Å². The first-order valence-corrected chi connectivity index (χ1v) is 9.30. The van der Waals surface area contributed by atoms with Crippen molar-refractivity contribution in [1.82, 2.24) is 0 Å². The Labute approximate surface area is 158 Å². The van der Waals surface area contributed by atoms with Gasteiger partial charge in [0.15, 0.2) is 6.10 Å². The summed E-state index contributed by atoms with van der Waals surface area (Å²) in [5, 5.41) is 2.86. The maximum Gasteiger partial charge on any atom is 0.268 e. The van der Waals surface area contributed by atoms with Crippen molar-refractivity contribution >= 4 is 28.9 Å². The Bertz CT molecular complexity index is 844. The maximum atomic E-state index is 12.5. The van der Waals surface area contributed by atoms with Crippen LogP contribution in [0.1, 0.15) is 19.3 Å². The quantitative estimate of drug-likeness (QED) is 0.905. The van der Waals surface area contributed by atoms with Gasteiger partial charge in [0.25, 0.3) is 5.91 Å². The normalized spacial score (nSPS) is 18.9. The molecular formula is C21H23N3O3. The number of amides is 2. The van der Waals surface area contributed by atoms with Gasteiger partial charge in [-0.25, -0.2) is 0 Å². The third-order valence-corrected chi connectivity index (χ3v) is 5.09. The van der Waals surface area contributed by atoms with E-state index in [2.05, 4.69) is 10.2 Å². The Balaban J connectivity index is 1.38. The molecule has 4 rings (SSSR count). The van der Waals surface area contributed by atoms with Crippen molar-refractivity contribution < 1.29 is 14.3 Å². The van der Waals surface area contributed by atoms with E-state index in [0.717, 1.165) is 24.5 Å². The highest BCUT2D eigenvalue weighted by atomic mass is 16.5. The summed E-state index contributed by atoms with van der Waals surface area (Å²) in [5.41, 5.74) is 2.62. The molecule has 2 aromatic rings. The van der Waals surface area contributed by atoms with Crippen molar-refractivity contribution in [3.63, 3.8) is 0 Å². The average molecular weight is 365 g/mol. The first-order chi connectivity index (χ1) is 13.1. The number of rotatable bonds is 4. The molecule has 1 N–H and O–H groups in total. The second kappa shape index (κ2) is 7.31. The zero-order valence-electron chi connectivity index (χ0n) is 15.4. The molecule has 2 amide bonds. The molecule has 0 spiro atoms. The Kier molecular flexibility index (Phi) is 4.71. The summed E-state index contributed by atoms with van der Waals surface area (Å²) in [6.07, 6.45) is 1.62. The second-order valence-corrected chi connectivity index (χ2v) is 6.96. The Morgan fingerprint density at radius 1 is 1.11 bits per heavy atom. The average Bonchev–Trinajstić information content (AvgIpc) is 3.21. The van der Waals surface area contributed by atoms with Gasteiger partial charge in [0.05, 0.1) is 12.1 Å². The molecule has 0 radical (unpaired) electrons. The molecule has 2 aliphatic heterocycles. The molecule has 6 nitrogen and oxygen atoms in total. The fourth-order valence-corrected chi connectivity index (χ4v) is 3.61. The van der Waals surface area contributed by atoms with E-state index in [4.69, 9.17) is 4.74 Å². The number of hydrogen-bond acceptors (Lipinski definition) is 4. The number of hydrogen-bond donors (Lipinski definition) is 1. The number of benzene rings is 2. The summed E-state index contributed by atoms with van der Waals surface area (Å²) in [4.78, 5) is 28.8. The number of ether oxygens (including phenoxy) is 1. The zero-order valence-corrected chi connectivity index (χ0v) is 15.4. The predicted octanol–water partition coefficient (Wildman–Crippen LogP) is 3.04. The van der Waals surface area contributed by atoms with Crippen LogP contribution in [-0.2, 0) is 9.59 Å². The van der Waals surface area contributed by atoms with Gasteiger partial charge in [-0.1, -0.05) is 12.1 Å². The standard InChI is InChI=1S/C21H23N3O3/c1-23-17-6-2-3-7-18(17)27-19(21(23)26)14-20(25)22-15-8-10-16(11-9-15)24-12-4-5-13-24/h2-3,6-11,19H,4-5,12-14H2,1H3,(H,22,25). The van der Waals surface area contributed by atoms with Gasteiger partial charge in [0, 0.05) is 31.5 Å². The fraction of sp³-hybridized carbons (Fsp3) is 0.333. The molecular weight excluding hydrogens is 342 g/mol. The topological polar surface area (TPSA) is 61.9 Å². The van der Waals surface area contributed by atoms with Crippen LogP contribution in [0, 0.1) is 0 Å². The van der Waals surface area contributed by atoms with Crippen LogP contribution in [-0.4, -0.2) is 38.1 Å². The van der Waals surface area contributed by atoms with Crippen LogP contribution in [0.15, 0.2) is 48.5 Å². The highest BCUT2D eigenvalue weighted by Crippen LogP contribution is 2.33. The molecule has 6 heteroatoms. The lowest BCUT2D eigenvalue weighted by Gasteiger charge is -2.31. The van der Waals surface area contributed by atoms with E-state index >= 15 is 0 Å². The van der Waals surface area contributed by atoms with Crippen LogP contribution < -0.4 is 19.9 Å². The molecule has 0 saturated carbocycles. The number of fused-ring (bicyclic) bond motifs is 1. The summed E-state index contributed by atoms with van der Waals surface area (Å²) in [5.74, 6) is 0.163. The summed E-state index contributed by atoms with van der Waals surface area (Å²) in [6, 6.07) is 15.2. The minimum atomic E-state index is -0.811. The summed E-state index contributed by atoms with van der Waals surface area (Å²) in [6.45, 7) is 2.17. The summed E-state index contributed by atoms with van der Waals surface area (Å²) in [7, 11) is 1.70. The van der Waals surface area contributed by atoms with Crippen LogP contribution in [0.2, 0.25) is 0 Å². The minimum Gasteiger partial charge on any atom is -0.478 e. The first kappa shape index (κ1) is 17.4. The number of para-hydroxylation sites is 2. The number of likely N-dealkylation sites (N-methyl/N-ethyl adjacent to an activating group) is 1. The number of carbonyl (C=O) groups excluding carboxylic acids is 2. The number of nitrogens with one attached hydrogen (secondary N) is 1. The van der Waals surface area contributed by atoms with Crippen molar-refractivity contribution in [3.05, 3.63) is 48.5 Å². The van der Waals surface area contributed by atoms with Gasteiger partial charge in [0.1, 0.15) is 5.75 Å². The lowest BCUT2D eigenvalue weighted by Crippen LogP contribution is -2.45. The molecule has 1 fully saturated rings. The third-order valence-electron chi connectivity index (χ3n) is 5.09. The van der Waals surface area contributed by atoms with Gasteiger partial charge in [-0.3, -0.25) is 9.59 Å². The molecule has 0 aromatic heterocycles. The van der Waals surface area contributed by atoms with Crippen LogP contribution in [0.4, 0.5) is 17.1 Å². The zero-order chi connectivity index (χ0) is 18.8. The SMILES string of the molecule is CN1C(=O)C(CC(=O)Nc2ccc(N3CCCC3)cc2)Oc2ccccc21. The lowest BCUT2D eigenvalue weighted by molar-refractivity contribution is -0.130. The fourth-order valence-electron chi connectivity index (χ4n) is 3.61. The van der Waals surface area contributed by atoms with Crippen LogP contribution in [0.5, 0.6) is 5.75 Å². The highest BCUT2D eigenvalue weighted by Gasteiger charge is 2.33. The molecule has 2 heterocycles. The Morgan fingerprint density at radius 2 is 1.81 bits per heavy atom. The predicted molar refractivity (Wildman–Crippen MR) is 105 cm³/mol. The molecule has 2 aliphatic rings. The monoisotopic (exact) mass is 365 g/mol. The van der Waals surface area contributed by atoms with Crippen LogP contribution in [0.25, 0.3) is 0 Å². The third kappa shape index (κ3) is 3.60. The van der Waals surface area contributed by atoms with E-state index < -0.39 is 6.10 Å². The molecule has 140 valence electrons. The maximum absolute atomic E-state index is 12.5. The van der Waals surface area contributed by atoms with E-state index in [0.29, 0.717) is 5.75 Å². The summed E-state index contributed by atoms with van der Waals surface area (Å²) >= 11 is 0. The summed E-state index contributed by atoms with van der Waals surface area (Å²) < 4.78 is 5.75. The van der Waals surface area contributed by atoms with E-state index in [-0.39, 0.29) is 18.2 Å². The van der Waals surface area contributed by atoms with Gasteiger partial charge < -0.3 is 19.9 Å². The van der Waals surface area contributed by atoms with E-state index in [1.165, 1.54) is 18.5 Å². The smallest absolute Gasteiger partial charge is 0.268 e. The second-order valence-electron chi connectivity index (χ2n) is 6.96. The molecule has 0 aliphatic carbocycles. The largest absolute Gasteiger partial charge is 0.478 e.